The van der Waals surface area contributed by atoms with Gasteiger partial charge in [-0.05, 0) is 18.2 Å². The number of guanidine groups is 1. The first-order chi connectivity index (χ1) is 7.08. The summed E-state index contributed by atoms with van der Waals surface area (Å²) in [5.41, 5.74) is 6.27. The summed E-state index contributed by atoms with van der Waals surface area (Å²) in [4.78, 5) is 16.2. The molecule has 0 radical (unpaired) electrons. The Morgan fingerprint density at radius 1 is 1.33 bits per heavy atom. The molecule has 1 heterocycles. The Bertz CT molecular complexity index is 459. The molecular weight excluding hydrogens is 237 g/mol. The number of amides is 1. The van der Waals surface area contributed by atoms with E-state index in [0.29, 0.717) is 15.7 Å². The summed E-state index contributed by atoms with van der Waals surface area (Å²) in [6.07, 6.45) is 0. The first-order valence-corrected chi connectivity index (χ1v) is 4.93. The van der Waals surface area contributed by atoms with Gasteiger partial charge in [-0.1, -0.05) is 23.2 Å². The predicted octanol–water partition coefficient (Wildman–Crippen LogP) is 1.65. The molecule has 2 N–H and O–H groups in total. The van der Waals surface area contributed by atoms with Crippen molar-refractivity contribution in [3.63, 3.8) is 0 Å². The monoisotopic (exact) mass is 243 g/mol. The van der Waals surface area contributed by atoms with Crippen LogP contribution < -0.4 is 10.6 Å². The van der Waals surface area contributed by atoms with Crippen molar-refractivity contribution in [2.45, 2.75) is 0 Å². The Morgan fingerprint density at radius 2 is 2.07 bits per heavy atom. The third-order valence-electron chi connectivity index (χ3n) is 2.02. The molecule has 1 aromatic rings. The van der Waals surface area contributed by atoms with Gasteiger partial charge in [0.2, 0.25) is 5.96 Å². The van der Waals surface area contributed by atoms with E-state index in [1.165, 1.54) is 0 Å². The van der Waals surface area contributed by atoms with Gasteiger partial charge in [0.1, 0.15) is 6.54 Å². The number of anilines is 1. The van der Waals surface area contributed by atoms with Crippen molar-refractivity contribution in [2.24, 2.45) is 10.7 Å². The molecule has 2 rings (SSSR count). The maximum Gasteiger partial charge on any atom is 0.268 e. The largest absolute Gasteiger partial charge is 0.369 e. The van der Waals surface area contributed by atoms with Crippen LogP contribution in [0, 0.1) is 0 Å². The SMILES string of the molecule is NC1=NC(=O)CN1c1ccc(Cl)c(Cl)c1. The van der Waals surface area contributed by atoms with Gasteiger partial charge in [0.05, 0.1) is 10.0 Å². The zero-order valence-corrected chi connectivity index (χ0v) is 9.09. The number of nitrogens with zero attached hydrogens (tertiary/aromatic N) is 2. The van der Waals surface area contributed by atoms with Gasteiger partial charge in [0, 0.05) is 5.69 Å². The van der Waals surface area contributed by atoms with Crippen molar-refractivity contribution >= 4 is 40.8 Å². The van der Waals surface area contributed by atoms with Crippen LogP contribution in [0.4, 0.5) is 5.69 Å². The summed E-state index contributed by atoms with van der Waals surface area (Å²) in [7, 11) is 0. The lowest BCUT2D eigenvalue weighted by Crippen LogP contribution is -2.34. The highest BCUT2D eigenvalue weighted by Crippen LogP contribution is 2.27. The molecule has 4 nitrogen and oxygen atoms in total. The smallest absolute Gasteiger partial charge is 0.268 e. The van der Waals surface area contributed by atoms with E-state index in [9.17, 15) is 4.79 Å². The van der Waals surface area contributed by atoms with Gasteiger partial charge >= 0.3 is 0 Å². The Morgan fingerprint density at radius 3 is 2.60 bits per heavy atom. The van der Waals surface area contributed by atoms with Crippen molar-refractivity contribution in [2.75, 3.05) is 11.4 Å². The second kappa shape index (κ2) is 3.72. The number of halogens is 2. The molecule has 6 heteroatoms. The Balaban J connectivity index is 2.35. The normalized spacial score (nSPS) is 15.7. The average molecular weight is 244 g/mol. The lowest BCUT2D eigenvalue weighted by molar-refractivity contribution is -0.115. The quantitative estimate of drug-likeness (QED) is 0.817. The standard InChI is InChI=1S/C9H7Cl2N3O/c10-6-2-1-5(3-7(6)11)14-4-8(15)13-9(14)12/h1-3H,4H2,(H2,12,13,15). The number of carbonyl (C=O) groups excluding carboxylic acids is 1. The molecule has 0 spiro atoms. The molecule has 78 valence electrons. The molecular formula is C9H7Cl2N3O. The molecule has 0 saturated heterocycles. The van der Waals surface area contributed by atoms with Gasteiger partial charge in [-0.25, -0.2) is 0 Å². The molecule has 1 aromatic carbocycles. The van der Waals surface area contributed by atoms with Crippen molar-refractivity contribution in [1.82, 2.24) is 0 Å². The molecule has 0 saturated carbocycles. The Hall–Kier alpha value is -1.26. The van der Waals surface area contributed by atoms with E-state index in [4.69, 9.17) is 28.9 Å². The number of hydrogen-bond donors (Lipinski definition) is 1. The van der Waals surface area contributed by atoms with E-state index in [-0.39, 0.29) is 18.4 Å². The van der Waals surface area contributed by atoms with Crippen LogP contribution in [0.2, 0.25) is 10.0 Å². The van der Waals surface area contributed by atoms with Crippen molar-refractivity contribution < 1.29 is 4.79 Å². The van der Waals surface area contributed by atoms with Crippen LogP contribution in [-0.2, 0) is 4.79 Å². The van der Waals surface area contributed by atoms with Crippen LogP contribution >= 0.6 is 23.2 Å². The van der Waals surface area contributed by atoms with Gasteiger partial charge in [-0.3, -0.25) is 4.79 Å². The molecule has 15 heavy (non-hydrogen) atoms. The Kier molecular flexibility index (Phi) is 2.54. The molecule has 1 amide bonds. The highest BCUT2D eigenvalue weighted by molar-refractivity contribution is 6.42. The lowest BCUT2D eigenvalue weighted by atomic mass is 10.3. The van der Waals surface area contributed by atoms with Gasteiger partial charge in [-0.15, -0.1) is 0 Å². The van der Waals surface area contributed by atoms with Crippen molar-refractivity contribution in [3.05, 3.63) is 28.2 Å². The predicted molar refractivity (Wildman–Crippen MR) is 60.4 cm³/mol. The highest BCUT2D eigenvalue weighted by Gasteiger charge is 2.22. The minimum Gasteiger partial charge on any atom is -0.369 e. The van der Waals surface area contributed by atoms with Gasteiger partial charge in [0.25, 0.3) is 5.91 Å². The van der Waals surface area contributed by atoms with E-state index in [1.807, 2.05) is 0 Å². The summed E-state index contributed by atoms with van der Waals surface area (Å²) < 4.78 is 0. The van der Waals surface area contributed by atoms with Crippen LogP contribution in [0.5, 0.6) is 0 Å². The minimum absolute atomic E-state index is 0.143. The van der Waals surface area contributed by atoms with E-state index in [2.05, 4.69) is 4.99 Å². The van der Waals surface area contributed by atoms with E-state index in [1.54, 1.807) is 23.1 Å². The third kappa shape index (κ3) is 1.91. The molecule has 0 fully saturated rings. The van der Waals surface area contributed by atoms with Gasteiger partial charge in [0.15, 0.2) is 0 Å². The number of rotatable bonds is 1. The number of nitrogens with two attached hydrogens (primary N) is 1. The lowest BCUT2D eigenvalue weighted by Gasteiger charge is -2.16. The van der Waals surface area contributed by atoms with Crippen molar-refractivity contribution in [3.8, 4) is 0 Å². The molecule has 0 unspecified atom stereocenters. The molecule has 0 atom stereocenters. The molecule has 1 aliphatic rings. The van der Waals surface area contributed by atoms with Gasteiger partial charge < -0.3 is 10.6 Å². The molecule has 0 bridgehead atoms. The third-order valence-corrected chi connectivity index (χ3v) is 2.76. The Labute approximate surface area is 96.3 Å². The summed E-state index contributed by atoms with van der Waals surface area (Å²) >= 11 is 11.6. The highest BCUT2D eigenvalue weighted by atomic mass is 35.5. The summed E-state index contributed by atoms with van der Waals surface area (Å²) in [5.74, 6) is -0.0861. The van der Waals surface area contributed by atoms with Crippen LogP contribution in [0.3, 0.4) is 0 Å². The fourth-order valence-corrected chi connectivity index (χ4v) is 1.61. The van der Waals surface area contributed by atoms with Crippen LogP contribution in [0.25, 0.3) is 0 Å². The van der Waals surface area contributed by atoms with E-state index >= 15 is 0 Å². The summed E-state index contributed by atoms with van der Waals surface area (Å²) in [6.45, 7) is 0.143. The number of carbonyl (C=O) groups is 1. The first-order valence-electron chi connectivity index (χ1n) is 4.17. The van der Waals surface area contributed by atoms with E-state index < -0.39 is 0 Å². The number of hydrogen-bond acceptors (Lipinski definition) is 3. The minimum atomic E-state index is -0.265. The number of benzene rings is 1. The second-order valence-electron chi connectivity index (χ2n) is 3.05. The summed E-state index contributed by atoms with van der Waals surface area (Å²) in [5, 5.41) is 0.878. The first kappa shape index (κ1) is 10.3. The maximum atomic E-state index is 11.0. The molecule has 0 aliphatic carbocycles. The zero-order chi connectivity index (χ0) is 11.0. The maximum absolute atomic E-state index is 11.0. The van der Waals surface area contributed by atoms with Crippen molar-refractivity contribution in [1.29, 1.82) is 0 Å². The zero-order valence-electron chi connectivity index (χ0n) is 7.58. The van der Waals surface area contributed by atoms with E-state index in [0.717, 1.165) is 0 Å². The van der Waals surface area contributed by atoms with Crippen LogP contribution in [-0.4, -0.2) is 18.4 Å². The average Bonchev–Trinajstić information content (AvgIpc) is 2.50. The molecule has 1 aliphatic heterocycles. The number of aliphatic imine (C=N–C) groups is 1. The second-order valence-corrected chi connectivity index (χ2v) is 3.86. The van der Waals surface area contributed by atoms with Crippen LogP contribution in [0.15, 0.2) is 23.2 Å². The van der Waals surface area contributed by atoms with Gasteiger partial charge in [-0.2, -0.15) is 4.99 Å². The fourth-order valence-electron chi connectivity index (χ4n) is 1.32. The fraction of sp³-hybridized carbons (Fsp3) is 0.111. The molecule has 0 aromatic heterocycles. The van der Waals surface area contributed by atoms with Crippen LogP contribution in [0.1, 0.15) is 0 Å². The topological polar surface area (TPSA) is 58.7 Å². The summed E-state index contributed by atoms with van der Waals surface area (Å²) in [6, 6.07) is 5.02.